The Morgan fingerprint density at radius 3 is 1.35 bits per heavy atom. The van der Waals surface area contributed by atoms with E-state index in [0.717, 1.165) is 45.5 Å². The highest BCUT2D eigenvalue weighted by Crippen LogP contribution is 2.56. The summed E-state index contributed by atoms with van der Waals surface area (Å²) in [6, 6.07) is 69.6. The van der Waals surface area contributed by atoms with Crippen LogP contribution in [-0.2, 0) is 27.1 Å². The molecule has 9 aromatic carbocycles. The summed E-state index contributed by atoms with van der Waals surface area (Å²) in [5.41, 5.74) is 23.2. The normalized spacial score (nSPS) is 13.4. The summed E-state index contributed by atoms with van der Waals surface area (Å²) < 4.78 is 2.56. The Balaban J connectivity index is 1.13. The molecule has 11 rings (SSSR count). The van der Waals surface area contributed by atoms with Crippen molar-refractivity contribution < 1.29 is 0 Å². The van der Waals surface area contributed by atoms with Gasteiger partial charge in [0.15, 0.2) is 0 Å². The zero-order valence-corrected chi connectivity index (χ0v) is 52.9. The Bertz CT molecular complexity index is 3910. The van der Waals surface area contributed by atoms with E-state index in [1.807, 2.05) is 11.3 Å². The highest BCUT2D eigenvalue weighted by molar-refractivity contribution is 14.1. The molecule has 10 aromatic rings. The summed E-state index contributed by atoms with van der Waals surface area (Å²) in [5, 5.41) is 3.90. The van der Waals surface area contributed by atoms with Gasteiger partial charge in [-0.05, 0) is 209 Å². The summed E-state index contributed by atoms with van der Waals surface area (Å²) in [7, 11) is 0. The summed E-state index contributed by atoms with van der Waals surface area (Å²) in [5.74, 6) is 0. The molecule has 0 amide bonds. The minimum Gasteiger partial charge on any atom is -0.310 e. The second kappa shape index (κ2) is 20.1. The maximum absolute atomic E-state index is 2.63. The molecule has 1 aromatic heterocycles. The fraction of sp³-hybridized carbons (Fsp3) is 0.280. The third-order valence-corrected chi connectivity index (χ3v) is 19.0. The number of thiophene rings is 1. The van der Waals surface area contributed by atoms with Crippen LogP contribution >= 0.6 is 33.9 Å². The minimum absolute atomic E-state index is 0.00413. The smallest absolute Gasteiger partial charge is 0.0906 e. The van der Waals surface area contributed by atoms with Crippen molar-refractivity contribution in [1.82, 2.24) is 0 Å². The highest BCUT2D eigenvalue weighted by Gasteiger charge is 2.38. The summed E-state index contributed by atoms with van der Waals surface area (Å²) in [6.45, 7) is 36.9. The van der Waals surface area contributed by atoms with Crippen LogP contribution in [0.3, 0.4) is 0 Å². The van der Waals surface area contributed by atoms with Crippen molar-refractivity contribution in [1.29, 1.82) is 0 Å². The van der Waals surface area contributed by atoms with Crippen LogP contribution in [0.5, 0.6) is 0 Å². The molecular weight excluding hydrogens is 1100 g/mol. The van der Waals surface area contributed by atoms with E-state index in [2.05, 4.69) is 330 Å². The molecule has 0 bridgehead atoms. The molecule has 1 heterocycles. The number of anilines is 9. The predicted molar refractivity (Wildman–Crippen MR) is 358 cm³/mol. The van der Waals surface area contributed by atoms with E-state index in [0.29, 0.717) is 0 Å². The van der Waals surface area contributed by atoms with Crippen LogP contribution in [0.2, 0.25) is 0 Å². The fourth-order valence-corrected chi connectivity index (χ4v) is 14.3. The maximum atomic E-state index is 2.63. The summed E-state index contributed by atoms with van der Waals surface area (Å²) >= 11 is 4.54. The third-order valence-electron chi connectivity index (χ3n) is 16.9. The number of fused-ring (bicyclic) bond motifs is 6. The average Bonchev–Trinajstić information content (AvgIpc) is 4.02. The Morgan fingerprint density at radius 2 is 0.850 bits per heavy atom. The van der Waals surface area contributed by atoms with Crippen LogP contribution in [0.25, 0.3) is 32.0 Å². The second-order valence-corrected chi connectivity index (χ2v) is 29.9. The lowest BCUT2D eigenvalue weighted by molar-refractivity contribution is 0.590. The lowest BCUT2D eigenvalue weighted by Gasteiger charge is -2.34. The van der Waals surface area contributed by atoms with Crippen LogP contribution < -0.4 is 14.7 Å². The number of nitrogens with zero attached hydrogens (tertiary/aromatic N) is 3. The van der Waals surface area contributed by atoms with Crippen molar-refractivity contribution in [2.24, 2.45) is 0 Å². The molecule has 0 saturated carbocycles. The maximum Gasteiger partial charge on any atom is 0.0906 e. The molecule has 406 valence electrons. The van der Waals surface area contributed by atoms with E-state index in [1.54, 1.807) is 0 Å². The number of benzene rings is 9. The largest absolute Gasteiger partial charge is 0.310 e. The van der Waals surface area contributed by atoms with Crippen LogP contribution in [0.4, 0.5) is 51.2 Å². The monoisotopic (exact) mass is 1180 g/mol. The quantitative estimate of drug-likeness (QED) is 0.133. The Labute approximate surface area is 495 Å². The van der Waals surface area contributed by atoms with Gasteiger partial charge in [-0.25, -0.2) is 0 Å². The van der Waals surface area contributed by atoms with E-state index < -0.39 is 0 Å². The van der Waals surface area contributed by atoms with Gasteiger partial charge in [0.1, 0.15) is 0 Å². The van der Waals surface area contributed by atoms with E-state index in [-0.39, 0.29) is 27.1 Å². The standard InChI is InChI=1S/C75H78IN3S/c1-47-24-34-58(77(54-35-26-50(27-36-54)71(3,4)5)55-37-28-51(29-38-55)72(6,7)8)44-66(47)78(56-39-30-52(31-40-56)73(9,10)11)64-22-19-23-65(48(64)2)79(57-41-32-53(33-42-57)74(12,13)14)69-62-45-61-60-43-25-49-20-17-18-21-59(49)68(60)75(15,16)63(61)46-67(62)80-70(69)76/h17-46H,1-16H3. The minimum atomic E-state index is -0.155. The molecule has 80 heavy (non-hydrogen) atoms. The topological polar surface area (TPSA) is 9.72 Å². The Kier molecular flexibility index (Phi) is 13.9. The van der Waals surface area contributed by atoms with Gasteiger partial charge >= 0.3 is 0 Å². The van der Waals surface area contributed by atoms with Crippen LogP contribution in [0.15, 0.2) is 182 Å². The van der Waals surface area contributed by atoms with Gasteiger partial charge in [-0.1, -0.05) is 194 Å². The summed E-state index contributed by atoms with van der Waals surface area (Å²) in [4.78, 5) is 7.51. The van der Waals surface area contributed by atoms with E-state index in [1.165, 1.54) is 85.1 Å². The molecule has 0 unspecified atom stereocenters. The average molecular weight is 1180 g/mol. The van der Waals surface area contributed by atoms with Gasteiger partial charge < -0.3 is 14.7 Å². The lowest BCUT2D eigenvalue weighted by atomic mass is 9.80. The van der Waals surface area contributed by atoms with Gasteiger partial charge in [-0.15, -0.1) is 11.3 Å². The molecule has 0 atom stereocenters. The second-order valence-electron chi connectivity index (χ2n) is 27.0. The van der Waals surface area contributed by atoms with Gasteiger partial charge in [0.25, 0.3) is 0 Å². The number of hydrogen-bond acceptors (Lipinski definition) is 4. The number of hydrogen-bond donors (Lipinski definition) is 0. The first-order chi connectivity index (χ1) is 37.7. The fourth-order valence-electron chi connectivity index (χ4n) is 12.1. The van der Waals surface area contributed by atoms with Crippen molar-refractivity contribution in [3.8, 4) is 11.1 Å². The highest BCUT2D eigenvalue weighted by atomic mass is 127. The molecule has 0 radical (unpaired) electrons. The predicted octanol–water partition coefficient (Wildman–Crippen LogP) is 23.2. The first kappa shape index (κ1) is 55.2. The van der Waals surface area contributed by atoms with Crippen LogP contribution in [0, 0.1) is 16.7 Å². The molecule has 0 spiro atoms. The third kappa shape index (κ3) is 9.95. The van der Waals surface area contributed by atoms with Gasteiger partial charge in [-0.3, -0.25) is 0 Å². The molecule has 1 aliphatic carbocycles. The number of halogens is 1. The van der Waals surface area contributed by atoms with E-state index in [9.17, 15) is 0 Å². The summed E-state index contributed by atoms with van der Waals surface area (Å²) in [6.07, 6.45) is 0. The Morgan fingerprint density at radius 1 is 0.400 bits per heavy atom. The van der Waals surface area contributed by atoms with Crippen molar-refractivity contribution in [2.45, 2.75) is 138 Å². The van der Waals surface area contributed by atoms with Gasteiger partial charge in [0.2, 0.25) is 0 Å². The molecule has 0 saturated heterocycles. The zero-order valence-electron chi connectivity index (χ0n) is 49.9. The molecule has 0 aliphatic heterocycles. The van der Waals surface area contributed by atoms with Gasteiger partial charge in [0, 0.05) is 43.9 Å². The van der Waals surface area contributed by atoms with Gasteiger partial charge in [-0.2, -0.15) is 0 Å². The Hall–Kier alpha value is -6.67. The molecular formula is C75H78IN3S. The van der Waals surface area contributed by atoms with E-state index in [4.69, 9.17) is 0 Å². The van der Waals surface area contributed by atoms with Crippen molar-refractivity contribution in [3.63, 3.8) is 0 Å². The van der Waals surface area contributed by atoms with Crippen molar-refractivity contribution in [2.75, 3.05) is 14.7 Å². The molecule has 3 nitrogen and oxygen atoms in total. The van der Waals surface area contributed by atoms with Crippen LogP contribution in [0.1, 0.15) is 141 Å². The van der Waals surface area contributed by atoms with E-state index >= 15 is 0 Å². The number of rotatable bonds is 9. The molecule has 0 N–H and O–H groups in total. The zero-order chi connectivity index (χ0) is 57.0. The molecule has 1 aliphatic rings. The lowest BCUT2D eigenvalue weighted by Crippen LogP contribution is -2.18. The number of aryl methyl sites for hydroxylation is 1. The van der Waals surface area contributed by atoms with Crippen molar-refractivity contribution >= 4 is 106 Å². The first-order valence-electron chi connectivity index (χ1n) is 28.5. The molecule has 5 heteroatoms. The van der Waals surface area contributed by atoms with Crippen LogP contribution in [-0.4, -0.2) is 0 Å². The SMILES string of the molecule is Cc1ccc(N(c2ccc(C(C)(C)C)cc2)c2ccc(C(C)(C)C)cc2)cc1N(c1ccc(C(C)(C)C)cc1)c1cccc(N(c2ccc(C(C)(C)C)cc2)c2c(I)sc3cc4c(cc23)-c2ccc3ccccc3c2C4(C)C)c1C. The first-order valence-corrected chi connectivity index (χ1v) is 30.4. The molecule has 0 fully saturated rings. The van der Waals surface area contributed by atoms with Crippen molar-refractivity contribution in [3.05, 3.63) is 229 Å². The van der Waals surface area contributed by atoms with Gasteiger partial charge in [0.05, 0.1) is 25.6 Å².